The van der Waals surface area contributed by atoms with Gasteiger partial charge in [0.05, 0.1) is 11.8 Å². The van der Waals surface area contributed by atoms with Gasteiger partial charge in [0.25, 0.3) is 0 Å². The van der Waals surface area contributed by atoms with Crippen LogP contribution >= 0.6 is 0 Å². The molecule has 0 aromatic carbocycles. The zero-order valence-corrected chi connectivity index (χ0v) is 12.1. The van der Waals surface area contributed by atoms with Crippen LogP contribution in [0.2, 0.25) is 0 Å². The van der Waals surface area contributed by atoms with Crippen LogP contribution in [0.3, 0.4) is 0 Å². The van der Waals surface area contributed by atoms with Crippen LogP contribution in [-0.2, 0) is 4.74 Å². The summed E-state index contributed by atoms with van der Waals surface area (Å²) in [5, 5.41) is 0. The van der Waals surface area contributed by atoms with Gasteiger partial charge in [-0.05, 0) is 40.0 Å². The van der Waals surface area contributed by atoms with Crippen LogP contribution in [0.15, 0.2) is 4.99 Å². The van der Waals surface area contributed by atoms with Crippen LogP contribution < -0.4 is 0 Å². The summed E-state index contributed by atoms with van der Waals surface area (Å²) >= 11 is 0. The van der Waals surface area contributed by atoms with Gasteiger partial charge < -0.3 is 4.74 Å². The first-order valence-corrected chi connectivity index (χ1v) is 6.94. The van der Waals surface area contributed by atoms with E-state index in [0.717, 1.165) is 12.8 Å². The molecular weight excluding hydrogens is 247 g/mol. The maximum Gasteiger partial charge on any atom is 0.410 e. The molecule has 19 heavy (non-hydrogen) atoms. The predicted octanol–water partition coefficient (Wildman–Crippen LogP) is 2.96. The van der Waals surface area contributed by atoms with Gasteiger partial charge in [0.15, 0.2) is 6.17 Å². The molecule has 0 aromatic heterocycles. The minimum atomic E-state index is -1.14. The highest BCUT2D eigenvalue weighted by atomic mass is 19.1. The predicted molar refractivity (Wildman–Crippen MR) is 72.4 cm³/mol. The van der Waals surface area contributed by atoms with E-state index >= 15 is 0 Å². The van der Waals surface area contributed by atoms with E-state index < -0.39 is 17.8 Å². The minimum absolute atomic E-state index is 0.0410. The van der Waals surface area contributed by atoms with E-state index in [1.54, 1.807) is 11.9 Å². The highest BCUT2D eigenvalue weighted by molar-refractivity contribution is 5.92. The highest BCUT2D eigenvalue weighted by Crippen LogP contribution is 2.35. The number of ether oxygens (including phenoxy) is 1. The summed E-state index contributed by atoms with van der Waals surface area (Å²) in [5.41, 5.74) is 0.0468. The molecule has 2 aliphatic rings. The third-order valence-corrected chi connectivity index (χ3v) is 3.78. The molecule has 0 aromatic rings. The van der Waals surface area contributed by atoms with Crippen LogP contribution in [0.5, 0.6) is 0 Å². The van der Waals surface area contributed by atoms with Crippen LogP contribution in [0.4, 0.5) is 9.18 Å². The summed E-state index contributed by atoms with van der Waals surface area (Å²) in [5.74, 6) is 0. The molecule has 0 saturated carbocycles. The second kappa shape index (κ2) is 5.10. The molecule has 1 amide bonds. The minimum Gasteiger partial charge on any atom is -0.444 e. The number of rotatable bonds is 0. The molecule has 1 unspecified atom stereocenters. The molecule has 0 radical (unpaired) electrons. The van der Waals surface area contributed by atoms with Gasteiger partial charge in [-0.15, -0.1) is 0 Å². The third kappa shape index (κ3) is 2.90. The van der Waals surface area contributed by atoms with Crippen molar-refractivity contribution in [3.63, 3.8) is 0 Å². The first-order chi connectivity index (χ1) is 8.83. The molecule has 3 atom stereocenters. The fourth-order valence-corrected chi connectivity index (χ4v) is 2.99. The Labute approximate surface area is 114 Å². The molecule has 108 valence electrons. The smallest absolute Gasteiger partial charge is 0.410 e. The SMILES string of the molecule is C/N=C1\CC2CCC[C@H]([C@H]1F)N2C(=O)OC(C)(C)C. The van der Waals surface area contributed by atoms with E-state index in [2.05, 4.69) is 4.99 Å². The molecule has 5 heteroatoms. The van der Waals surface area contributed by atoms with Crippen molar-refractivity contribution in [2.24, 2.45) is 4.99 Å². The standard InChI is InChI=1S/C14H23FN2O2/c1-14(2,3)19-13(18)17-9-6-5-7-11(17)12(15)10(8-9)16-4/h9,11-12H,5-8H2,1-4H3/b16-10+/t9?,11-,12+/m1/s1. The second-order valence-electron chi connectivity index (χ2n) is 6.36. The molecule has 2 heterocycles. The van der Waals surface area contributed by atoms with Crippen molar-refractivity contribution >= 4 is 11.8 Å². The summed E-state index contributed by atoms with van der Waals surface area (Å²) in [7, 11) is 1.63. The number of fused-ring (bicyclic) bond motifs is 2. The maximum absolute atomic E-state index is 14.4. The van der Waals surface area contributed by atoms with Gasteiger partial charge in [0, 0.05) is 19.5 Å². The van der Waals surface area contributed by atoms with Crippen molar-refractivity contribution in [1.29, 1.82) is 0 Å². The van der Waals surface area contributed by atoms with Crippen LogP contribution in [0.1, 0.15) is 46.5 Å². The Bertz CT molecular complexity index is 389. The van der Waals surface area contributed by atoms with Gasteiger partial charge in [-0.3, -0.25) is 9.89 Å². The Kier molecular flexibility index (Phi) is 3.83. The van der Waals surface area contributed by atoms with E-state index in [1.165, 1.54) is 0 Å². The first kappa shape index (κ1) is 14.3. The number of alkyl halides is 1. The number of amides is 1. The second-order valence-corrected chi connectivity index (χ2v) is 6.36. The van der Waals surface area contributed by atoms with E-state index in [9.17, 15) is 9.18 Å². The highest BCUT2D eigenvalue weighted by Gasteiger charge is 2.46. The van der Waals surface area contributed by atoms with Gasteiger partial charge in [-0.25, -0.2) is 9.18 Å². The van der Waals surface area contributed by atoms with Gasteiger partial charge >= 0.3 is 6.09 Å². The Hall–Kier alpha value is -1.13. The normalized spacial score (nSPS) is 33.4. The summed E-state index contributed by atoms with van der Waals surface area (Å²) in [6, 6.07) is -0.361. The van der Waals surface area contributed by atoms with E-state index in [-0.39, 0.29) is 12.1 Å². The molecule has 2 fully saturated rings. The van der Waals surface area contributed by atoms with E-state index in [4.69, 9.17) is 4.74 Å². The molecule has 2 rings (SSSR count). The molecule has 2 aliphatic heterocycles. The first-order valence-electron chi connectivity index (χ1n) is 6.94. The average molecular weight is 270 g/mol. The number of carbonyl (C=O) groups excluding carboxylic acids is 1. The number of halogens is 1. The Morgan fingerprint density at radius 2 is 2.11 bits per heavy atom. The number of nitrogens with zero attached hydrogens (tertiary/aromatic N) is 2. The quantitative estimate of drug-likeness (QED) is 0.679. The molecule has 2 saturated heterocycles. The topological polar surface area (TPSA) is 41.9 Å². The monoisotopic (exact) mass is 270 g/mol. The molecule has 0 spiro atoms. The summed E-state index contributed by atoms with van der Waals surface area (Å²) < 4.78 is 19.8. The molecular formula is C14H23FN2O2. The van der Waals surface area contributed by atoms with Crippen LogP contribution in [-0.4, -0.2) is 47.6 Å². The molecule has 2 bridgehead atoms. The number of aliphatic imine (C=N–C) groups is 1. The number of piperidine rings is 2. The number of hydrogen-bond acceptors (Lipinski definition) is 3. The lowest BCUT2D eigenvalue weighted by atomic mass is 9.82. The summed E-state index contributed by atoms with van der Waals surface area (Å²) in [6.45, 7) is 5.49. The van der Waals surface area contributed by atoms with E-state index in [0.29, 0.717) is 18.6 Å². The Morgan fingerprint density at radius 3 is 2.68 bits per heavy atom. The van der Waals surface area contributed by atoms with Gasteiger partial charge in [-0.1, -0.05) is 0 Å². The summed E-state index contributed by atoms with van der Waals surface area (Å²) in [4.78, 5) is 17.9. The zero-order chi connectivity index (χ0) is 14.2. The fraction of sp³-hybridized carbons (Fsp3) is 0.857. The number of carbonyl (C=O) groups is 1. The van der Waals surface area contributed by atoms with Gasteiger partial charge in [-0.2, -0.15) is 0 Å². The van der Waals surface area contributed by atoms with Crippen molar-refractivity contribution in [2.45, 2.75) is 70.3 Å². The van der Waals surface area contributed by atoms with Crippen molar-refractivity contribution < 1.29 is 13.9 Å². The van der Waals surface area contributed by atoms with Gasteiger partial charge in [0.1, 0.15) is 5.60 Å². The lowest BCUT2D eigenvalue weighted by Crippen LogP contribution is -2.61. The van der Waals surface area contributed by atoms with Crippen molar-refractivity contribution in [1.82, 2.24) is 4.90 Å². The molecule has 4 nitrogen and oxygen atoms in total. The largest absolute Gasteiger partial charge is 0.444 e. The average Bonchev–Trinajstić information content (AvgIpc) is 2.31. The lowest BCUT2D eigenvalue weighted by molar-refractivity contribution is -0.0188. The molecule has 0 aliphatic carbocycles. The van der Waals surface area contributed by atoms with Crippen molar-refractivity contribution in [2.75, 3.05) is 7.05 Å². The molecule has 0 N–H and O–H groups in total. The van der Waals surface area contributed by atoms with Crippen molar-refractivity contribution in [3.05, 3.63) is 0 Å². The lowest BCUT2D eigenvalue weighted by Gasteiger charge is -2.47. The third-order valence-electron chi connectivity index (χ3n) is 3.78. The van der Waals surface area contributed by atoms with Crippen LogP contribution in [0.25, 0.3) is 0 Å². The maximum atomic E-state index is 14.4. The number of hydrogen-bond donors (Lipinski definition) is 0. The van der Waals surface area contributed by atoms with E-state index in [1.807, 2.05) is 20.8 Å². The summed E-state index contributed by atoms with van der Waals surface area (Å²) in [6.07, 6.45) is 1.56. The van der Waals surface area contributed by atoms with Crippen molar-refractivity contribution in [3.8, 4) is 0 Å². The zero-order valence-electron chi connectivity index (χ0n) is 12.1. The Morgan fingerprint density at radius 1 is 1.42 bits per heavy atom. The van der Waals surface area contributed by atoms with Crippen LogP contribution in [0, 0.1) is 0 Å². The Balaban J connectivity index is 2.19. The van der Waals surface area contributed by atoms with Gasteiger partial charge in [0.2, 0.25) is 0 Å². The fourth-order valence-electron chi connectivity index (χ4n) is 2.99.